The van der Waals surface area contributed by atoms with E-state index in [4.69, 9.17) is 0 Å². The zero-order valence-electron chi connectivity index (χ0n) is 4.32. The second kappa shape index (κ2) is 5.85. The Bertz CT molecular complexity index is 28.9. The van der Waals surface area contributed by atoms with Crippen LogP contribution in [0.1, 0.15) is 19.8 Å². The molecule has 0 radical (unpaired) electrons. The minimum absolute atomic E-state index is 0.340. The third-order valence-corrected chi connectivity index (χ3v) is 0.626. The van der Waals surface area contributed by atoms with Crippen LogP contribution in [0.3, 0.4) is 0 Å². The Morgan fingerprint density at radius 1 is 1.57 bits per heavy atom. The highest BCUT2D eigenvalue weighted by Crippen LogP contribution is 1.87. The van der Waals surface area contributed by atoms with Crippen molar-refractivity contribution >= 4 is 0 Å². The van der Waals surface area contributed by atoms with Crippen LogP contribution in [0, 0.1) is 0 Å². The van der Waals surface area contributed by atoms with Gasteiger partial charge in [0.05, 0.1) is 6.61 Å². The highest BCUT2D eigenvalue weighted by molar-refractivity contribution is 4.25. The molecule has 0 aromatic heterocycles. The quantitative estimate of drug-likeness (QED) is 0.309. The molecule has 0 spiro atoms. The summed E-state index contributed by atoms with van der Waals surface area (Å²) in [5, 5.41) is 2.84. The Kier molecular flexibility index (Phi) is 5.72. The van der Waals surface area contributed by atoms with Gasteiger partial charge in [-0.05, 0) is 16.0 Å². The summed E-state index contributed by atoms with van der Waals surface area (Å²) in [6.07, 6.45) is 1.83. The van der Waals surface area contributed by atoms with Crippen molar-refractivity contribution in [3.63, 3.8) is 0 Å². The van der Waals surface area contributed by atoms with Gasteiger partial charge in [0.2, 0.25) is 0 Å². The summed E-state index contributed by atoms with van der Waals surface area (Å²) in [6.45, 7) is 2.33. The van der Waals surface area contributed by atoms with Crippen LogP contribution in [0.25, 0.3) is 0 Å². The third kappa shape index (κ3) is 5.85. The molecule has 0 aromatic rings. The smallest absolute Gasteiger partial charge is 0.0856 e. The van der Waals surface area contributed by atoms with Gasteiger partial charge in [-0.3, -0.25) is 0 Å². The van der Waals surface area contributed by atoms with Crippen LogP contribution >= 0.6 is 0 Å². The van der Waals surface area contributed by atoms with Gasteiger partial charge in [0, 0.05) is 0 Å². The first-order valence-electron chi connectivity index (χ1n) is 2.32. The van der Waals surface area contributed by atoms with Crippen molar-refractivity contribution in [2.75, 3.05) is 6.61 Å². The average molecular weight is 108 g/mol. The van der Waals surface area contributed by atoms with Crippen LogP contribution < -0.4 is 0 Å². The number of rotatable bonds is 4. The number of unbranched alkanes of at least 4 members (excludes halogenated alkanes) is 1. The second-order valence-corrected chi connectivity index (χ2v) is 1.24. The summed E-state index contributed by atoms with van der Waals surface area (Å²) in [4.78, 5) is 3.91. The lowest BCUT2D eigenvalue weighted by Crippen LogP contribution is -1.87. The maximum atomic E-state index is 10.6. The van der Waals surface area contributed by atoms with Gasteiger partial charge < -0.3 is 0 Å². The van der Waals surface area contributed by atoms with Gasteiger partial charge in [-0.1, -0.05) is 13.3 Å². The van der Waals surface area contributed by atoms with Gasteiger partial charge in [0.25, 0.3) is 0 Å². The van der Waals surface area contributed by atoms with Gasteiger partial charge in [-0.2, -0.15) is 0 Å². The van der Waals surface area contributed by atoms with Crippen molar-refractivity contribution in [1.82, 2.24) is 0 Å². The summed E-state index contributed by atoms with van der Waals surface area (Å²) in [7, 11) is 0. The third-order valence-electron chi connectivity index (χ3n) is 0.626. The minimum atomic E-state index is 0.340. The van der Waals surface area contributed by atoms with Gasteiger partial charge >= 0.3 is 0 Å². The summed E-state index contributed by atoms with van der Waals surface area (Å²) in [6, 6.07) is 0. The van der Waals surface area contributed by atoms with Gasteiger partial charge in [-0.25, -0.2) is 4.89 Å². The molecule has 44 valence electrons. The second-order valence-electron chi connectivity index (χ2n) is 1.24. The molecule has 0 unspecified atom stereocenters. The monoisotopic (exact) mass is 108 g/mol. The predicted molar refractivity (Wildman–Crippen MR) is 23.1 cm³/mol. The summed E-state index contributed by atoms with van der Waals surface area (Å²) >= 11 is 0. The lowest BCUT2D eigenvalue weighted by molar-refractivity contribution is -0.429. The lowest BCUT2D eigenvalue weighted by atomic mass is 10.4. The molecule has 0 atom stereocenters. The molecule has 0 saturated carbocycles. The molecule has 7 heavy (non-hydrogen) atoms. The zero-order chi connectivity index (χ0) is 5.54. The van der Waals surface area contributed by atoms with Crippen molar-refractivity contribution < 1.29 is 14.5 Å². The Morgan fingerprint density at radius 3 is 2.71 bits per heavy atom. The molecule has 0 rings (SSSR count). The van der Waals surface area contributed by atoms with E-state index >= 15 is 0 Å². The standard InChI is InChI=1S/C4H9FO2/c1-2-3-4-6-7-5/h2-4H2,1H3. The van der Waals surface area contributed by atoms with E-state index in [0.29, 0.717) is 6.61 Å². The number of hydrogen-bond acceptors (Lipinski definition) is 2. The molecule has 2 nitrogen and oxygen atoms in total. The van der Waals surface area contributed by atoms with Crippen molar-refractivity contribution in [3.8, 4) is 0 Å². The Morgan fingerprint density at radius 2 is 2.29 bits per heavy atom. The van der Waals surface area contributed by atoms with Crippen molar-refractivity contribution in [3.05, 3.63) is 0 Å². The van der Waals surface area contributed by atoms with Crippen LogP contribution in [-0.4, -0.2) is 6.61 Å². The SMILES string of the molecule is CCCCOOF. The molecule has 0 N–H and O–H groups in total. The van der Waals surface area contributed by atoms with E-state index in [-0.39, 0.29) is 0 Å². The van der Waals surface area contributed by atoms with E-state index < -0.39 is 0 Å². The van der Waals surface area contributed by atoms with Crippen LogP contribution in [0.15, 0.2) is 0 Å². The van der Waals surface area contributed by atoms with Crippen LogP contribution in [0.4, 0.5) is 4.53 Å². The van der Waals surface area contributed by atoms with E-state index in [2.05, 4.69) is 9.98 Å². The van der Waals surface area contributed by atoms with Gasteiger partial charge in [-0.15, -0.1) is 0 Å². The van der Waals surface area contributed by atoms with E-state index in [1.165, 1.54) is 0 Å². The van der Waals surface area contributed by atoms with Crippen LogP contribution in [0.2, 0.25) is 0 Å². The van der Waals surface area contributed by atoms with E-state index in [0.717, 1.165) is 12.8 Å². The summed E-state index contributed by atoms with van der Waals surface area (Å²) in [5.74, 6) is 0. The maximum absolute atomic E-state index is 10.6. The van der Waals surface area contributed by atoms with Gasteiger partial charge in [0.1, 0.15) is 0 Å². The van der Waals surface area contributed by atoms with E-state index in [1.807, 2.05) is 6.92 Å². The summed E-state index contributed by atoms with van der Waals surface area (Å²) in [5.41, 5.74) is 0. The first-order valence-corrected chi connectivity index (χ1v) is 2.32. The predicted octanol–water partition coefficient (Wildman–Crippen LogP) is 1.62. The Balaban J connectivity index is 2.45. The first-order chi connectivity index (χ1) is 3.41. The molecule has 0 fully saturated rings. The van der Waals surface area contributed by atoms with Gasteiger partial charge in [0.15, 0.2) is 0 Å². The summed E-state index contributed by atoms with van der Waals surface area (Å²) < 4.78 is 10.6. The molecule has 0 bridgehead atoms. The van der Waals surface area contributed by atoms with Crippen molar-refractivity contribution in [1.29, 1.82) is 0 Å². The Labute approximate surface area is 42.1 Å². The molecule has 0 saturated heterocycles. The highest BCUT2D eigenvalue weighted by Gasteiger charge is 1.82. The van der Waals surface area contributed by atoms with Crippen molar-refractivity contribution in [2.24, 2.45) is 0 Å². The molecule has 0 aliphatic carbocycles. The normalized spacial score (nSPS) is 9.43. The molecule has 0 heterocycles. The molecule has 0 aliphatic heterocycles. The van der Waals surface area contributed by atoms with E-state index in [9.17, 15) is 4.53 Å². The molecule has 0 aliphatic rings. The average Bonchev–Trinajstić information content (AvgIpc) is 1.69. The lowest BCUT2D eigenvalue weighted by Gasteiger charge is -1.89. The molecular formula is C4H9FO2. The first kappa shape index (κ1) is 6.85. The molecule has 0 aromatic carbocycles. The van der Waals surface area contributed by atoms with Crippen LogP contribution in [0.5, 0.6) is 0 Å². The fourth-order valence-corrected chi connectivity index (χ4v) is 0.235. The number of hydrogen-bond donors (Lipinski definition) is 0. The Hall–Kier alpha value is -0.150. The van der Waals surface area contributed by atoms with Crippen molar-refractivity contribution in [2.45, 2.75) is 19.8 Å². The maximum Gasteiger partial charge on any atom is 0.0856 e. The molecule has 3 heteroatoms. The van der Waals surface area contributed by atoms with Crippen LogP contribution in [-0.2, 0) is 9.98 Å². The number of halogens is 1. The minimum Gasteiger partial charge on any atom is -0.202 e. The topological polar surface area (TPSA) is 18.5 Å². The van der Waals surface area contributed by atoms with E-state index in [1.54, 1.807) is 0 Å². The fraction of sp³-hybridized carbons (Fsp3) is 1.00. The molecular weight excluding hydrogens is 99.0 g/mol. The molecule has 0 amide bonds. The zero-order valence-corrected chi connectivity index (χ0v) is 4.32. The fourth-order valence-electron chi connectivity index (χ4n) is 0.235. The largest absolute Gasteiger partial charge is 0.202 e. The highest BCUT2D eigenvalue weighted by atomic mass is 19.3.